The fourth-order valence-corrected chi connectivity index (χ4v) is 5.11. The molecule has 3 rings (SSSR count). The van der Waals surface area contributed by atoms with Gasteiger partial charge in [0.15, 0.2) is 0 Å². The van der Waals surface area contributed by atoms with E-state index in [9.17, 15) is 8.42 Å². The molecule has 3 nitrogen and oxygen atoms in total. The summed E-state index contributed by atoms with van der Waals surface area (Å²) in [6.07, 6.45) is 6.95. The van der Waals surface area contributed by atoms with Crippen molar-refractivity contribution in [2.75, 3.05) is 0 Å². The van der Waals surface area contributed by atoms with Gasteiger partial charge >= 0.3 is 0 Å². The highest BCUT2D eigenvalue weighted by molar-refractivity contribution is 9.09. The maximum Gasteiger partial charge on any atom is 0.243 e. The Morgan fingerprint density at radius 1 is 1.11 bits per heavy atom. The molecular formula is C14H16BrNO2S. The molecule has 1 unspecified atom stereocenters. The van der Waals surface area contributed by atoms with Crippen molar-refractivity contribution in [3.63, 3.8) is 0 Å². The van der Waals surface area contributed by atoms with E-state index >= 15 is 0 Å². The molecule has 0 radical (unpaired) electrons. The van der Waals surface area contributed by atoms with Crippen molar-refractivity contribution in [2.45, 2.75) is 41.1 Å². The van der Waals surface area contributed by atoms with Crippen molar-refractivity contribution in [1.82, 2.24) is 4.31 Å². The van der Waals surface area contributed by atoms with Crippen LogP contribution in [0, 0.1) is 0 Å². The molecule has 0 bridgehead atoms. The van der Waals surface area contributed by atoms with Crippen LogP contribution < -0.4 is 0 Å². The van der Waals surface area contributed by atoms with Gasteiger partial charge in [-0.1, -0.05) is 46.3 Å². The SMILES string of the molecule is O=S(=O)(c1ccccc1)N1[C@@H]2CC[C@H](Br)C=CC[C@@H]21. The number of alkyl halides is 1. The van der Waals surface area contributed by atoms with Gasteiger partial charge in [-0.2, -0.15) is 4.31 Å². The summed E-state index contributed by atoms with van der Waals surface area (Å²) in [5, 5.41) is 0. The molecule has 1 fully saturated rings. The smallest absolute Gasteiger partial charge is 0.207 e. The molecule has 5 heteroatoms. The minimum Gasteiger partial charge on any atom is -0.207 e. The normalized spacial score (nSPS) is 34.2. The van der Waals surface area contributed by atoms with E-state index in [-0.39, 0.29) is 12.1 Å². The predicted molar refractivity (Wildman–Crippen MR) is 78.7 cm³/mol. The van der Waals surface area contributed by atoms with Crippen LogP contribution in [0.15, 0.2) is 47.4 Å². The highest BCUT2D eigenvalue weighted by Crippen LogP contribution is 2.42. The van der Waals surface area contributed by atoms with Crippen LogP contribution in [0.2, 0.25) is 0 Å². The Morgan fingerprint density at radius 2 is 1.84 bits per heavy atom. The second-order valence-electron chi connectivity index (χ2n) is 5.04. The fourth-order valence-electron chi connectivity index (χ4n) is 2.75. The molecule has 0 N–H and O–H groups in total. The third-order valence-corrected chi connectivity index (χ3v) is 6.52. The summed E-state index contributed by atoms with van der Waals surface area (Å²) in [4.78, 5) is 0.774. The van der Waals surface area contributed by atoms with Crippen LogP contribution in [0.1, 0.15) is 19.3 Å². The summed E-state index contributed by atoms with van der Waals surface area (Å²) < 4.78 is 26.8. The Hall–Kier alpha value is -0.650. The Labute approximate surface area is 122 Å². The molecule has 0 spiro atoms. The molecule has 1 aromatic rings. The Kier molecular flexibility index (Phi) is 3.53. The monoisotopic (exact) mass is 341 g/mol. The molecule has 0 saturated carbocycles. The number of rotatable bonds is 2. The van der Waals surface area contributed by atoms with E-state index < -0.39 is 10.0 Å². The van der Waals surface area contributed by atoms with Crippen molar-refractivity contribution >= 4 is 26.0 Å². The highest BCUT2D eigenvalue weighted by atomic mass is 79.9. The molecule has 0 aromatic heterocycles. The molecule has 1 aliphatic heterocycles. The van der Waals surface area contributed by atoms with Gasteiger partial charge in [0, 0.05) is 16.9 Å². The molecule has 4 atom stereocenters. The van der Waals surface area contributed by atoms with Crippen LogP contribution >= 0.6 is 15.9 Å². The Morgan fingerprint density at radius 3 is 2.58 bits per heavy atom. The number of benzene rings is 1. The topological polar surface area (TPSA) is 37.1 Å². The van der Waals surface area contributed by atoms with Gasteiger partial charge in [0.05, 0.1) is 4.90 Å². The van der Waals surface area contributed by atoms with Gasteiger partial charge in [-0.25, -0.2) is 8.42 Å². The maximum absolute atomic E-state index is 12.6. The van der Waals surface area contributed by atoms with Gasteiger partial charge < -0.3 is 0 Å². The van der Waals surface area contributed by atoms with E-state index in [0.717, 1.165) is 19.3 Å². The Bertz CT molecular complexity index is 585. The van der Waals surface area contributed by atoms with Gasteiger partial charge in [-0.05, 0) is 31.4 Å². The first kappa shape index (κ1) is 13.3. The molecule has 19 heavy (non-hydrogen) atoms. The van der Waals surface area contributed by atoms with Crippen LogP contribution in [0.3, 0.4) is 0 Å². The molecular weight excluding hydrogens is 326 g/mol. The lowest BCUT2D eigenvalue weighted by Gasteiger charge is -2.06. The van der Waals surface area contributed by atoms with Crippen molar-refractivity contribution in [3.8, 4) is 0 Å². The lowest BCUT2D eigenvalue weighted by molar-refractivity contribution is 0.540. The number of hydrogen-bond donors (Lipinski definition) is 0. The lowest BCUT2D eigenvalue weighted by atomic mass is 10.1. The largest absolute Gasteiger partial charge is 0.243 e. The average molecular weight is 342 g/mol. The van der Waals surface area contributed by atoms with E-state index in [4.69, 9.17) is 0 Å². The third kappa shape index (κ3) is 2.51. The molecule has 0 amide bonds. The Balaban J connectivity index is 1.84. The quantitative estimate of drug-likeness (QED) is 0.471. The zero-order valence-electron chi connectivity index (χ0n) is 10.4. The lowest BCUT2D eigenvalue weighted by Crippen LogP contribution is -2.15. The zero-order valence-corrected chi connectivity index (χ0v) is 12.8. The van der Waals surface area contributed by atoms with Crippen molar-refractivity contribution < 1.29 is 8.42 Å². The number of sulfonamides is 1. The van der Waals surface area contributed by atoms with Crippen molar-refractivity contribution in [3.05, 3.63) is 42.5 Å². The van der Waals surface area contributed by atoms with Gasteiger partial charge in [0.1, 0.15) is 0 Å². The molecule has 2 aliphatic rings. The first-order valence-corrected chi connectivity index (χ1v) is 8.85. The number of halogens is 1. The van der Waals surface area contributed by atoms with Gasteiger partial charge in [0.2, 0.25) is 10.0 Å². The molecule has 1 saturated heterocycles. The van der Waals surface area contributed by atoms with Crippen molar-refractivity contribution in [1.29, 1.82) is 0 Å². The summed E-state index contributed by atoms with van der Waals surface area (Å²) in [5.74, 6) is 0. The highest BCUT2D eigenvalue weighted by Gasteiger charge is 2.54. The van der Waals surface area contributed by atoms with Gasteiger partial charge in [0.25, 0.3) is 0 Å². The van der Waals surface area contributed by atoms with Crippen LogP contribution in [0.5, 0.6) is 0 Å². The van der Waals surface area contributed by atoms with Crippen LogP contribution in [-0.2, 0) is 10.0 Å². The van der Waals surface area contributed by atoms with E-state index in [2.05, 4.69) is 28.1 Å². The minimum absolute atomic E-state index is 0.154. The van der Waals surface area contributed by atoms with Crippen LogP contribution in [-0.4, -0.2) is 29.6 Å². The molecule has 102 valence electrons. The van der Waals surface area contributed by atoms with Crippen LogP contribution in [0.25, 0.3) is 0 Å². The number of allylic oxidation sites excluding steroid dienone is 1. The van der Waals surface area contributed by atoms with E-state index in [0.29, 0.717) is 9.72 Å². The summed E-state index contributed by atoms with van der Waals surface area (Å²) in [6.45, 7) is 0. The van der Waals surface area contributed by atoms with Gasteiger partial charge in [-0.15, -0.1) is 0 Å². The first-order chi connectivity index (χ1) is 9.10. The first-order valence-electron chi connectivity index (χ1n) is 6.50. The standard InChI is InChI=1S/C14H16BrNO2S/c15-11-5-4-8-13-14(10-9-11)16(13)19(17,18)12-6-2-1-3-7-12/h1-7,11,13-14H,8-10H2/t11-,13+,14-,16?/m1/s1. The third-order valence-electron chi connectivity index (χ3n) is 3.79. The number of hydrogen-bond acceptors (Lipinski definition) is 2. The van der Waals surface area contributed by atoms with E-state index in [1.165, 1.54) is 0 Å². The number of nitrogens with zero attached hydrogens (tertiary/aromatic N) is 1. The minimum atomic E-state index is -3.31. The molecule has 1 heterocycles. The maximum atomic E-state index is 12.6. The second kappa shape index (κ2) is 5.04. The zero-order chi connectivity index (χ0) is 13.5. The van der Waals surface area contributed by atoms with Crippen molar-refractivity contribution in [2.24, 2.45) is 0 Å². The summed E-state index contributed by atoms with van der Waals surface area (Å²) in [5.41, 5.74) is 0. The fraction of sp³-hybridized carbons (Fsp3) is 0.429. The van der Waals surface area contributed by atoms with Gasteiger partial charge in [-0.3, -0.25) is 0 Å². The average Bonchev–Trinajstić information content (AvgIpc) is 3.08. The van der Waals surface area contributed by atoms with E-state index in [1.54, 1.807) is 28.6 Å². The second-order valence-corrected chi connectivity index (χ2v) is 8.06. The summed E-state index contributed by atoms with van der Waals surface area (Å²) in [6, 6.07) is 9.05. The molecule has 1 aromatic carbocycles. The van der Waals surface area contributed by atoms with E-state index in [1.807, 2.05) is 6.07 Å². The van der Waals surface area contributed by atoms with Crippen LogP contribution in [0.4, 0.5) is 0 Å². The molecule has 1 aliphatic carbocycles. The summed E-state index contributed by atoms with van der Waals surface area (Å²) in [7, 11) is -3.31. The summed E-state index contributed by atoms with van der Waals surface area (Å²) >= 11 is 3.58. The predicted octanol–water partition coefficient (Wildman–Crippen LogP) is 2.93. The number of fused-ring (bicyclic) bond motifs is 1.